The van der Waals surface area contributed by atoms with Crippen LogP contribution >= 0.6 is 0 Å². The summed E-state index contributed by atoms with van der Waals surface area (Å²) in [6, 6.07) is 7.41. The lowest BCUT2D eigenvalue weighted by Crippen LogP contribution is -2.33. The van der Waals surface area contributed by atoms with Gasteiger partial charge in [0.15, 0.2) is 17.7 Å². The van der Waals surface area contributed by atoms with Gasteiger partial charge in [0.05, 0.1) is 25.7 Å². The third-order valence-electron chi connectivity index (χ3n) is 5.49. The van der Waals surface area contributed by atoms with Gasteiger partial charge >= 0.3 is 0 Å². The van der Waals surface area contributed by atoms with Gasteiger partial charge in [0, 0.05) is 11.8 Å². The minimum Gasteiger partial charge on any atom is -0.394 e. The van der Waals surface area contributed by atoms with Crippen LogP contribution in [0.5, 0.6) is 0 Å². The van der Waals surface area contributed by atoms with Crippen molar-refractivity contribution in [3.05, 3.63) is 48.5 Å². The SMILES string of the molecule is Nc1nc(-n2cc(-c3ccc(CO)cc3)cn2)nc2c1ncn2C1O[C@H](CO)[C@@H](O)[C@H]1O. The zero-order valence-electron chi connectivity index (χ0n) is 16.7. The predicted octanol–water partition coefficient (Wildman–Crippen LogP) is -0.635. The van der Waals surface area contributed by atoms with Crippen molar-refractivity contribution in [1.29, 1.82) is 0 Å². The highest BCUT2D eigenvalue weighted by molar-refractivity contribution is 5.82. The minimum atomic E-state index is -1.29. The Balaban J connectivity index is 1.52. The largest absolute Gasteiger partial charge is 0.394 e. The monoisotopic (exact) mass is 439 g/mol. The molecule has 1 aliphatic heterocycles. The van der Waals surface area contributed by atoms with Crippen LogP contribution in [0.1, 0.15) is 11.8 Å². The molecule has 32 heavy (non-hydrogen) atoms. The zero-order chi connectivity index (χ0) is 22.4. The lowest BCUT2D eigenvalue weighted by Gasteiger charge is -2.16. The molecule has 3 aromatic heterocycles. The van der Waals surface area contributed by atoms with E-state index >= 15 is 0 Å². The van der Waals surface area contributed by atoms with Crippen LogP contribution in [0.15, 0.2) is 43.0 Å². The van der Waals surface area contributed by atoms with Crippen molar-refractivity contribution in [2.45, 2.75) is 31.1 Å². The van der Waals surface area contributed by atoms with Gasteiger partial charge < -0.3 is 30.9 Å². The first kappa shape index (κ1) is 20.5. The van der Waals surface area contributed by atoms with E-state index in [9.17, 15) is 20.4 Å². The van der Waals surface area contributed by atoms with Crippen molar-refractivity contribution in [3.63, 3.8) is 0 Å². The number of ether oxygens (including phenoxy) is 1. The van der Waals surface area contributed by atoms with Crippen LogP contribution in [0, 0.1) is 0 Å². The molecule has 1 aliphatic rings. The maximum Gasteiger partial charge on any atom is 0.254 e. The fourth-order valence-electron chi connectivity index (χ4n) is 3.71. The van der Waals surface area contributed by atoms with Gasteiger partial charge in [-0.05, 0) is 11.1 Å². The maximum absolute atomic E-state index is 10.4. The number of anilines is 1. The summed E-state index contributed by atoms with van der Waals surface area (Å²) in [5.41, 5.74) is 9.20. The molecule has 6 N–H and O–H groups in total. The van der Waals surface area contributed by atoms with E-state index in [-0.39, 0.29) is 24.0 Å². The Hall–Kier alpha value is -3.42. The Morgan fingerprint density at radius 2 is 1.81 bits per heavy atom. The van der Waals surface area contributed by atoms with Crippen molar-refractivity contribution < 1.29 is 25.2 Å². The van der Waals surface area contributed by atoms with Crippen LogP contribution in [-0.4, -0.2) is 74.6 Å². The van der Waals surface area contributed by atoms with Crippen molar-refractivity contribution in [1.82, 2.24) is 29.3 Å². The van der Waals surface area contributed by atoms with E-state index in [1.165, 1.54) is 15.6 Å². The highest BCUT2D eigenvalue weighted by Gasteiger charge is 2.44. The second kappa shape index (κ2) is 7.93. The third-order valence-corrected chi connectivity index (χ3v) is 5.49. The quantitative estimate of drug-likeness (QED) is 0.269. The van der Waals surface area contributed by atoms with Crippen LogP contribution in [0.2, 0.25) is 0 Å². The molecule has 12 heteroatoms. The van der Waals surface area contributed by atoms with E-state index in [2.05, 4.69) is 20.1 Å². The van der Waals surface area contributed by atoms with Crippen LogP contribution in [0.3, 0.4) is 0 Å². The van der Waals surface area contributed by atoms with E-state index in [0.29, 0.717) is 5.52 Å². The lowest BCUT2D eigenvalue weighted by atomic mass is 10.1. The molecule has 1 fully saturated rings. The normalized spacial score (nSPS) is 23.2. The predicted molar refractivity (Wildman–Crippen MR) is 111 cm³/mol. The molecule has 0 bridgehead atoms. The molecule has 5 rings (SSSR count). The molecule has 1 aromatic carbocycles. The van der Waals surface area contributed by atoms with Crippen LogP contribution in [0.25, 0.3) is 28.2 Å². The van der Waals surface area contributed by atoms with Gasteiger partial charge in [-0.15, -0.1) is 0 Å². The summed E-state index contributed by atoms with van der Waals surface area (Å²) < 4.78 is 8.49. The van der Waals surface area contributed by atoms with Gasteiger partial charge in [-0.3, -0.25) is 4.57 Å². The number of hydrogen-bond acceptors (Lipinski definition) is 10. The fraction of sp³-hybridized carbons (Fsp3) is 0.300. The van der Waals surface area contributed by atoms with Crippen molar-refractivity contribution in [3.8, 4) is 17.1 Å². The number of aromatic nitrogens is 6. The fourth-order valence-corrected chi connectivity index (χ4v) is 3.71. The number of imidazole rings is 1. The van der Waals surface area contributed by atoms with E-state index in [4.69, 9.17) is 10.5 Å². The minimum absolute atomic E-state index is 0.0319. The standard InChI is InChI=1S/C20H21N7O5/c21-17-14-18(26(9-22-14)19-16(31)15(30)13(8-29)32-19)25-20(24-17)27-6-12(5-23-27)11-3-1-10(7-28)2-4-11/h1-6,9,13,15-16,19,28-31H,7-8H2,(H2,21,24,25)/t13-,15-,16-,19?/m1/s1. The summed E-state index contributed by atoms with van der Waals surface area (Å²) in [6.07, 6.45) is 0.291. The number of nitrogen functional groups attached to an aromatic ring is 1. The molecule has 4 heterocycles. The number of aliphatic hydroxyl groups excluding tert-OH is 4. The molecule has 12 nitrogen and oxygen atoms in total. The molecule has 0 spiro atoms. The Morgan fingerprint density at radius 3 is 2.50 bits per heavy atom. The summed E-state index contributed by atoms with van der Waals surface area (Å²) in [4.78, 5) is 13.0. The van der Waals surface area contributed by atoms with Gasteiger partial charge in [-0.2, -0.15) is 15.1 Å². The molecule has 0 radical (unpaired) electrons. The number of fused-ring (bicyclic) bond motifs is 1. The third kappa shape index (κ3) is 3.30. The van der Waals surface area contributed by atoms with Gasteiger partial charge in [0.2, 0.25) is 0 Å². The molecule has 1 unspecified atom stereocenters. The van der Waals surface area contributed by atoms with Gasteiger partial charge in [0.25, 0.3) is 5.95 Å². The Morgan fingerprint density at radius 1 is 1.03 bits per heavy atom. The Bertz CT molecular complexity index is 1260. The van der Waals surface area contributed by atoms with Crippen molar-refractivity contribution in [2.24, 2.45) is 0 Å². The van der Waals surface area contributed by atoms with E-state index in [1.807, 2.05) is 24.3 Å². The zero-order valence-corrected chi connectivity index (χ0v) is 16.7. The molecule has 0 saturated carbocycles. The summed E-state index contributed by atoms with van der Waals surface area (Å²) in [6.45, 7) is -0.477. The molecule has 4 aromatic rings. The van der Waals surface area contributed by atoms with Gasteiger partial charge in [-0.1, -0.05) is 24.3 Å². The molecule has 166 valence electrons. The summed E-state index contributed by atoms with van der Waals surface area (Å²) in [7, 11) is 0. The number of nitrogens with two attached hydrogens (primary N) is 1. The first-order chi connectivity index (χ1) is 15.5. The second-order valence-electron chi connectivity index (χ2n) is 7.49. The van der Waals surface area contributed by atoms with Crippen LogP contribution < -0.4 is 5.73 Å². The Labute approximate surface area is 181 Å². The van der Waals surface area contributed by atoms with Crippen molar-refractivity contribution >= 4 is 17.0 Å². The van der Waals surface area contributed by atoms with Gasteiger partial charge in [-0.25, -0.2) is 9.67 Å². The second-order valence-corrected chi connectivity index (χ2v) is 7.49. The summed E-state index contributed by atoms with van der Waals surface area (Å²) in [5.74, 6) is 0.293. The average molecular weight is 439 g/mol. The summed E-state index contributed by atoms with van der Waals surface area (Å²) >= 11 is 0. The summed E-state index contributed by atoms with van der Waals surface area (Å²) in [5, 5.41) is 43.3. The maximum atomic E-state index is 10.4. The topological polar surface area (TPSA) is 178 Å². The molecule has 1 saturated heterocycles. The smallest absolute Gasteiger partial charge is 0.254 e. The first-order valence-electron chi connectivity index (χ1n) is 9.88. The first-order valence-corrected chi connectivity index (χ1v) is 9.88. The number of rotatable bonds is 5. The van der Waals surface area contributed by atoms with Gasteiger partial charge in [0.1, 0.15) is 23.8 Å². The Kier molecular flexibility index (Phi) is 5.07. The van der Waals surface area contributed by atoms with Crippen LogP contribution in [-0.2, 0) is 11.3 Å². The highest BCUT2D eigenvalue weighted by Crippen LogP contribution is 2.32. The number of aliphatic hydroxyl groups is 4. The van der Waals surface area contributed by atoms with E-state index in [0.717, 1.165) is 16.7 Å². The van der Waals surface area contributed by atoms with E-state index < -0.39 is 31.1 Å². The molecule has 4 atom stereocenters. The van der Waals surface area contributed by atoms with Crippen LogP contribution in [0.4, 0.5) is 5.82 Å². The van der Waals surface area contributed by atoms with E-state index in [1.54, 1.807) is 12.4 Å². The number of benzene rings is 1. The average Bonchev–Trinajstić information content (AvgIpc) is 3.53. The molecule has 0 amide bonds. The highest BCUT2D eigenvalue weighted by atomic mass is 16.6. The molecular formula is C20H21N7O5. The van der Waals surface area contributed by atoms with Crippen molar-refractivity contribution in [2.75, 3.05) is 12.3 Å². The molecule has 0 aliphatic carbocycles. The lowest BCUT2D eigenvalue weighted by molar-refractivity contribution is -0.0511. The number of hydrogen-bond donors (Lipinski definition) is 5. The number of nitrogens with zero attached hydrogens (tertiary/aromatic N) is 6. The molecular weight excluding hydrogens is 418 g/mol.